The van der Waals surface area contributed by atoms with Crippen LogP contribution in [-0.4, -0.2) is 14.8 Å². The van der Waals surface area contributed by atoms with Crippen LogP contribution in [0, 0.1) is 5.82 Å². The van der Waals surface area contributed by atoms with Gasteiger partial charge in [0.25, 0.3) is 0 Å². The molecule has 3 nitrogen and oxygen atoms in total. The molecule has 4 heteroatoms. The van der Waals surface area contributed by atoms with E-state index in [1.165, 1.54) is 23.3 Å². The molecule has 0 radical (unpaired) electrons. The Hall–Kier alpha value is -2.49. The monoisotopic (exact) mass is 293 g/mol. The van der Waals surface area contributed by atoms with Crippen LogP contribution in [0.4, 0.5) is 4.39 Å². The van der Waals surface area contributed by atoms with Crippen LogP contribution in [0.3, 0.4) is 0 Å². The molecule has 3 aromatic rings. The second kappa shape index (κ2) is 5.05. The number of hydrogen-bond acceptors (Lipinski definition) is 2. The quantitative estimate of drug-likeness (QED) is 0.733. The standard InChI is InChI=1S/C18H16FN3/c1-22-11-17(13-6-8-20-9-7-13)18(21-22)16-10-15(16)12-2-4-14(19)5-3-12/h2-9,11,15-16H,10H2,1H3. The SMILES string of the molecule is Cn1cc(-c2ccncc2)c(C2CC2c2ccc(F)cc2)n1. The summed E-state index contributed by atoms with van der Waals surface area (Å²) in [5, 5.41) is 4.66. The van der Waals surface area contributed by atoms with Crippen molar-refractivity contribution in [2.75, 3.05) is 0 Å². The van der Waals surface area contributed by atoms with E-state index in [1.54, 1.807) is 12.4 Å². The summed E-state index contributed by atoms with van der Waals surface area (Å²) in [4.78, 5) is 4.08. The van der Waals surface area contributed by atoms with E-state index in [0.717, 1.165) is 17.7 Å². The molecule has 0 N–H and O–H groups in total. The highest BCUT2D eigenvalue weighted by molar-refractivity contribution is 5.66. The van der Waals surface area contributed by atoms with Gasteiger partial charge in [0.2, 0.25) is 0 Å². The summed E-state index contributed by atoms with van der Waals surface area (Å²) in [6.45, 7) is 0. The smallest absolute Gasteiger partial charge is 0.123 e. The first-order valence-corrected chi connectivity index (χ1v) is 7.42. The van der Waals surface area contributed by atoms with E-state index < -0.39 is 0 Å². The fourth-order valence-electron chi connectivity index (χ4n) is 3.11. The van der Waals surface area contributed by atoms with E-state index in [1.807, 2.05) is 36.0 Å². The molecule has 0 saturated heterocycles. The highest BCUT2D eigenvalue weighted by Gasteiger charge is 2.42. The van der Waals surface area contributed by atoms with Crippen molar-refractivity contribution in [1.29, 1.82) is 0 Å². The minimum Gasteiger partial charge on any atom is -0.275 e. The second-order valence-corrected chi connectivity index (χ2v) is 5.84. The summed E-state index contributed by atoms with van der Waals surface area (Å²) in [6, 6.07) is 10.9. The van der Waals surface area contributed by atoms with Gasteiger partial charge in [0.15, 0.2) is 0 Å². The van der Waals surface area contributed by atoms with Gasteiger partial charge in [-0.15, -0.1) is 0 Å². The molecule has 1 aliphatic rings. The number of nitrogens with zero attached hydrogens (tertiary/aromatic N) is 3. The molecule has 22 heavy (non-hydrogen) atoms. The maximum Gasteiger partial charge on any atom is 0.123 e. The molecular weight excluding hydrogens is 277 g/mol. The van der Waals surface area contributed by atoms with E-state index in [0.29, 0.717) is 11.8 Å². The third-order valence-electron chi connectivity index (χ3n) is 4.29. The van der Waals surface area contributed by atoms with Crippen LogP contribution in [-0.2, 0) is 7.05 Å². The fraction of sp³-hybridized carbons (Fsp3) is 0.222. The summed E-state index contributed by atoms with van der Waals surface area (Å²) in [5.74, 6) is 0.669. The zero-order valence-electron chi connectivity index (χ0n) is 12.3. The van der Waals surface area contributed by atoms with Crippen LogP contribution in [0.2, 0.25) is 0 Å². The van der Waals surface area contributed by atoms with Gasteiger partial charge >= 0.3 is 0 Å². The summed E-state index contributed by atoms with van der Waals surface area (Å²) in [7, 11) is 1.95. The Balaban J connectivity index is 1.66. The Morgan fingerprint density at radius 1 is 1.05 bits per heavy atom. The topological polar surface area (TPSA) is 30.7 Å². The van der Waals surface area contributed by atoms with E-state index in [9.17, 15) is 4.39 Å². The van der Waals surface area contributed by atoms with Gasteiger partial charge in [-0.3, -0.25) is 9.67 Å². The number of aryl methyl sites for hydroxylation is 1. The molecule has 4 rings (SSSR count). The van der Waals surface area contributed by atoms with Gasteiger partial charge in [-0.2, -0.15) is 5.10 Å². The minimum atomic E-state index is -0.184. The van der Waals surface area contributed by atoms with E-state index >= 15 is 0 Å². The normalized spacial score (nSPS) is 20.1. The molecule has 1 aromatic carbocycles. The molecule has 0 amide bonds. The van der Waals surface area contributed by atoms with Crippen molar-refractivity contribution in [3.8, 4) is 11.1 Å². The lowest BCUT2D eigenvalue weighted by atomic mass is 10.0. The van der Waals surface area contributed by atoms with Gasteiger partial charge in [0, 0.05) is 37.1 Å². The minimum absolute atomic E-state index is 0.184. The van der Waals surface area contributed by atoms with Crippen LogP contribution in [0.25, 0.3) is 11.1 Å². The van der Waals surface area contributed by atoms with E-state index in [2.05, 4.69) is 16.3 Å². The molecular formula is C18H16FN3. The fourth-order valence-corrected chi connectivity index (χ4v) is 3.11. The van der Waals surface area contributed by atoms with E-state index in [-0.39, 0.29) is 5.82 Å². The average molecular weight is 293 g/mol. The molecule has 2 atom stereocenters. The number of halogens is 1. The van der Waals surface area contributed by atoms with Crippen molar-refractivity contribution in [3.05, 3.63) is 72.1 Å². The largest absolute Gasteiger partial charge is 0.275 e. The zero-order chi connectivity index (χ0) is 15.1. The van der Waals surface area contributed by atoms with Crippen molar-refractivity contribution < 1.29 is 4.39 Å². The number of benzene rings is 1. The number of pyridine rings is 1. The molecule has 1 aliphatic carbocycles. The Labute approximate surface area is 128 Å². The van der Waals surface area contributed by atoms with Gasteiger partial charge in [-0.25, -0.2) is 4.39 Å². The van der Waals surface area contributed by atoms with Crippen LogP contribution in [0.15, 0.2) is 55.0 Å². The number of aromatic nitrogens is 3. The first kappa shape index (κ1) is 13.2. The lowest BCUT2D eigenvalue weighted by molar-refractivity contribution is 0.627. The van der Waals surface area contributed by atoms with Crippen LogP contribution in [0.1, 0.15) is 29.5 Å². The molecule has 0 aliphatic heterocycles. The van der Waals surface area contributed by atoms with Crippen LogP contribution < -0.4 is 0 Å². The lowest BCUT2D eigenvalue weighted by Crippen LogP contribution is -1.91. The molecule has 0 bridgehead atoms. The Morgan fingerprint density at radius 2 is 1.77 bits per heavy atom. The number of rotatable bonds is 3. The summed E-state index contributed by atoms with van der Waals surface area (Å²) in [5.41, 5.74) is 4.63. The first-order chi connectivity index (χ1) is 10.7. The zero-order valence-corrected chi connectivity index (χ0v) is 12.3. The molecule has 0 spiro atoms. The van der Waals surface area contributed by atoms with Crippen molar-refractivity contribution >= 4 is 0 Å². The van der Waals surface area contributed by atoms with Crippen LogP contribution >= 0.6 is 0 Å². The highest BCUT2D eigenvalue weighted by atomic mass is 19.1. The molecule has 1 saturated carbocycles. The van der Waals surface area contributed by atoms with Gasteiger partial charge < -0.3 is 0 Å². The van der Waals surface area contributed by atoms with Gasteiger partial charge in [-0.1, -0.05) is 12.1 Å². The maximum absolute atomic E-state index is 13.1. The summed E-state index contributed by atoms with van der Waals surface area (Å²) >= 11 is 0. The van der Waals surface area contributed by atoms with Gasteiger partial charge in [0.05, 0.1) is 5.69 Å². The van der Waals surface area contributed by atoms with Gasteiger partial charge in [-0.05, 0) is 47.7 Å². The predicted molar refractivity (Wildman–Crippen MR) is 82.9 cm³/mol. The van der Waals surface area contributed by atoms with Crippen LogP contribution in [0.5, 0.6) is 0 Å². The first-order valence-electron chi connectivity index (χ1n) is 7.42. The molecule has 110 valence electrons. The van der Waals surface area contributed by atoms with Gasteiger partial charge in [0.1, 0.15) is 5.82 Å². The third-order valence-corrected chi connectivity index (χ3v) is 4.29. The lowest BCUT2D eigenvalue weighted by Gasteiger charge is -2.02. The van der Waals surface area contributed by atoms with E-state index in [4.69, 9.17) is 0 Å². The molecule has 1 fully saturated rings. The van der Waals surface area contributed by atoms with Crippen molar-refractivity contribution in [1.82, 2.24) is 14.8 Å². The summed E-state index contributed by atoms with van der Waals surface area (Å²) < 4.78 is 14.9. The van der Waals surface area contributed by atoms with Crippen molar-refractivity contribution in [3.63, 3.8) is 0 Å². The molecule has 2 unspecified atom stereocenters. The Morgan fingerprint density at radius 3 is 2.50 bits per heavy atom. The third kappa shape index (κ3) is 2.30. The highest BCUT2D eigenvalue weighted by Crippen LogP contribution is 2.55. The maximum atomic E-state index is 13.1. The predicted octanol–water partition coefficient (Wildman–Crippen LogP) is 3.89. The van der Waals surface area contributed by atoms with Crippen molar-refractivity contribution in [2.45, 2.75) is 18.3 Å². The molecule has 2 heterocycles. The average Bonchev–Trinajstić information content (AvgIpc) is 3.24. The second-order valence-electron chi connectivity index (χ2n) is 5.84. The Kier molecular flexibility index (Phi) is 3.03. The molecule has 2 aromatic heterocycles. The van der Waals surface area contributed by atoms with Crippen molar-refractivity contribution in [2.24, 2.45) is 7.05 Å². The number of hydrogen-bond donors (Lipinski definition) is 0. The summed E-state index contributed by atoms with van der Waals surface area (Å²) in [6.07, 6.45) is 6.73. The Bertz CT molecular complexity index is 793.